The summed E-state index contributed by atoms with van der Waals surface area (Å²) in [7, 11) is 2.13. The van der Waals surface area contributed by atoms with Gasteiger partial charge in [-0.3, -0.25) is 4.79 Å². The molecule has 10 heteroatoms. The largest absolute Gasteiger partial charge is 0.385 e. The highest BCUT2D eigenvalue weighted by Gasteiger charge is 2.42. The van der Waals surface area contributed by atoms with Gasteiger partial charge in [0, 0.05) is 61.2 Å². The molecule has 0 saturated carbocycles. The Morgan fingerprint density at radius 1 is 1.02 bits per heavy atom. The maximum Gasteiger partial charge on any atom is 0.254 e. The van der Waals surface area contributed by atoms with E-state index in [0.717, 1.165) is 48.6 Å². The second-order valence-electron chi connectivity index (χ2n) is 11.7. The molecule has 3 saturated heterocycles. The maximum atomic E-state index is 13.2. The zero-order valence-corrected chi connectivity index (χ0v) is 23.8. The molecule has 9 nitrogen and oxygen atoms in total. The summed E-state index contributed by atoms with van der Waals surface area (Å²) in [4.78, 5) is 24.7. The Morgan fingerprint density at radius 3 is 2.54 bits per heavy atom. The number of fused-ring (bicyclic) bond motifs is 2. The number of anilines is 3. The van der Waals surface area contributed by atoms with Crippen molar-refractivity contribution in [3.8, 4) is 0 Å². The Bertz CT molecular complexity index is 1560. The van der Waals surface area contributed by atoms with Crippen molar-refractivity contribution in [2.45, 2.75) is 30.9 Å². The van der Waals surface area contributed by atoms with Gasteiger partial charge in [-0.1, -0.05) is 23.7 Å². The van der Waals surface area contributed by atoms with Crippen molar-refractivity contribution in [2.24, 2.45) is 5.92 Å². The van der Waals surface area contributed by atoms with Crippen LogP contribution in [-0.4, -0.2) is 81.2 Å². The number of pyridine rings is 1. The summed E-state index contributed by atoms with van der Waals surface area (Å²) in [6.07, 6.45) is 4.18. The molecule has 0 aliphatic carbocycles. The summed E-state index contributed by atoms with van der Waals surface area (Å²) in [6.45, 7) is 4.26. The zero-order chi connectivity index (χ0) is 28.1. The predicted octanol–water partition coefficient (Wildman–Crippen LogP) is 4.39. The van der Waals surface area contributed by atoms with E-state index in [1.54, 1.807) is 4.52 Å². The fourth-order valence-corrected chi connectivity index (χ4v) is 6.90. The van der Waals surface area contributed by atoms with Gasteiger partial charge in [0.25, 0.3) is 5.91 Å². The van der Waals surface area contributed by atoms with Gasteiger partial charge in [-0.2, -0.15) is 4.98 Å². The molecule has 3 aliphatic heterocycles. The van der Waals surface area contributed by atoms with Crippen LogP contribution in [0.2, 0.25) is 5.02 Å². The highest BCUT2D eigenvalue weighted by Crippen LogP contribution is 2.36. The summed E-state index contributed by atoms with van der Waals surface area (Å²) in [6, 6.07) is 19.4. The number of amides is 1. The number of hydrogen-bond acceptors (Lipinski definition) is 7. The number of likely N-dealkylation sites (tertiary alicyclic amines) is 2. The van der Waals surface area contributed by atoms with Crippen LogP contribution in [-0.2, 0) is 5.60 Å². The molecule has 2 aromatic carbocycles. The van der Waals surface area contributed by atoms with E-state index in [1.807, 2.05) is 66.9 Å². The van der Waals surface area contributed by atoms with Crippen molar-refractivity contribution >= 4 is 40.5 Å². The van der Waals surface area contributed by atoms with Crippen LogP contribution in [0.5, 0.6) is 0 Å². The number of piperidine rings is 1. The molecule has 1 amide bonds. The van der Waals surface area contributed by atoms with Crippen LogP contribution in [0.4, 0.5) is 17.3 Å². The molecule has 4 aromatic rings. The average Bonchev–Trinajstić information content (AvgIpc) is 3.67. The van der Waals surface area contributed by atoms with E-state index < -0.39 is 5.60 Å². The first kappa shape index (κ1) is 26.3. The van der Waals surface area contributed by atoms with Crippen LogP contribution < -0.4 is 10.2 Å². The minimum atomic E-state index is -0.871. The van der Waals surface area contributed by atoms with E-state index in [2.05, 4.69) is 32.2 Å². The van der Waals surface area contributed by atoms with Crippen LogP contribution in [0.3, 0.4) is 0 Å². The van der Waals surface area contributed by atoms with Gasteiger partial charge in [0.2, 0.25) is 5.95 Å². The SMILES string of the molecule is CN1CC2CCN(C(=O)c3ccc(Nc4nc5c(N6CCC(O)(c7ccc(Cl)cc7)CC6)cccn5n4)cc3)C2C1. The first-order valence-electron chi connectivity index (χ1n) is 14.3. The van der Waals surface area contributed by atoms with Crippen LogP contribution in [0.25, 0.3) is 5.65 Å². The number of aromatic nitrogens is 3. The molecule has 0 radical (unpaired) electrons. The van der Waals surface area contributed by atoms with E-state index >= 15 is 0 Å². The minimum absolute atomic E-state index is 0.110. The van der Waals surface area contributed by atoms with Crippen LogP contribution in [0, 0.1) is 5.92 Å². The standard InChI is InChI=1S/C31H34ClN7O2/c1-36-19-22-12-16-38(27(22)20-36)29(40)21-4-10-25(11-5-21)33-30-34-28-26(3-2-15-39(28)35-30)37-17-13-31(41,14-18-37)23-6-8-24(32)9-7-23/h2-11,15,22,27,41H,12-14,16-20H2,1H3,(H,33,35). The number of hydrogen-bond donors (Lipinski definition) is 2. The van der Waals surface area contributed by atoms with E-state index in [-0.39, 0.29) is 5.91 Å². The third kappa shape index (κ3) is 4.92. The van der Waals surface area contributed by atoms with Gasteiger partial charge >= 0.3 is 0 Å². The number of nitrogens with one attached hydrogen (secondary N) is 1. The second kappa shape index (κ2) is 10.3. The number of rotatable bonds is 5. The molecule has 2 N–H and O–H groups in total. The summed E-state index contributed by atoms with van der Waals surface area (Å²) in [5.74, 6) is 1.19. The maximum absolute atomic E-state index is 13.2. The van der Waals surface area contributed by atoms with Crippen LogP contribution in [0.1, 0.15) is 35.2 Å². The van der Waals surface area contributed by atoms with Crippen LogP contribution >= 0.6 is 11.6 Å². The van der Waals surface area contributed by atoms with Crippen molar-refractivity contribution in [3.63, 3.8) is 0 Å². The van der Waals surface area contributed by atoms with E-state index in [9.17, 15) is 9.90 Å². The first-order chi connectivity index (χ1) is 19.9. The predicted molar refractivity (Wildman–Crippen MR) is 160 cm³/mol. The Balaban J connectivity index is 1.04. The first-order valence-corrected chi connectivity index (χ1v) is 14.7. The molecular formula is C31H34ClN7O2. The molecule has 5 heterocycles. The second-order valence-corrected chi connectivity index (χ2v) is 12.1. The van der Waals surface area contributed by atoms with Gasteiger partial charge in [0.15, 0.2) is 5.65 Å². The molecular weight excluding hydrogens is 538 g/mol. The monoisotopic (exact) mass is 571 g/mol. The van der Waals surface area contributed by atoms with E-state index in [1.165, 1.54) is 0 Å². The van der Waals surface area contributed by atoms with Gasteiger partial charge in [-0.25, -0.2) is 4.52 Å². The lowest BCUT2D eigenvalue weighted by Crippen LogP contribution is -2.42. The summed E-state index contributed by atoms with van der Waals surface area (Å²) in [5.41, 5.74) is 3.29. The fourth-order valence-electron chi connectivity index (χ4n) is 6.77. The van der Waals surface area contributed by atoms with E-state index in [0.29, 0.717) is 54.4 Å². The summed E-state index contributed by atoms with van der Waals surface area (Å²) >= 11 is 6.04. The normalized spacial score (nSPS) is 22.3. The topological polar surface area (TPSA) is 89.2 Å². The molecule has 2 aromatic heterocycles. The van der Waals surface area contributed by atoms with Gasteiger partial charge in [0.1, 0.15) is 0 Å². The molecule has 7 rings (SSSR count). The quantitative estimate of drug-likeness (QED) is 0.367. The Labute approximate surface area is 244 Å². The number of aliphatic hydroxyl groups is 1. The molecule has 0 spiro atoms. The average molecular weight is 572 g/mol. The van der Waals surface area contributed by atoms with Crippen molar-refractivity contribution in [1.29, 1.82) is 0 Å². The lowest BCUT2D eigenvalue weighted by atomic mass is 9.84. The molecule has 3 fully saturated rings. The van der Waals surface area contributed by atoms with Crippen molar-refractivity contribution < 1.29 is 9.90 Å². The fraction of sp³-hybridized carbons (Fsp3) is 0.387. The van der Waals surface area contributed by atoms with Crippen molar-refractivity contribution in [1.82, 2.24) is 24.4 Å². The smallest absolute Gasteiger partial charge is 0.254 e. The number of likely N-dealkylation sites (N-methyl/N-ethyl adjacent to an activating group) is 1. The molecule has 212 valence electrons. The Kier molecular flexibility index (Phi) is 6.60. The van der Waals surface area contributed by atoms with Crippen LogP contribution in [0.15, 0.2) is 66.9 Å². The number of halogens is 1. The number of carbonyl (C=O) groups is 1. The minimum Gasteiger partial charge on any atom is -0.385 e. The Hall–Kier alpha value is -3.66. The van der Waals surface area contributed by atoms with Gasteiger partial charge in [-0.15, -0.1) is 5.10 Å². The van der Waals surface area contributed by atoms with Crippen molar-refractivity contribution in [2.75, 3.05) is 50.0 Å². The van der Waals surface area contributed by atoms with Crippen molar-refractivity contribution in [3.05, 3.63) is 83.0 Å². The number of nitrogens with zero attached hydrogens (tertiary/aromatic N) is 6. The van der Waals surface area contributed by atoms with Gasteiger partial charge in [0.05, 0.1) is 11.3 Å². The summed E-state index contributed by atoms with van der Waals surface area (Å²) in [5, 5.41) is 19.9. The van der Waals surface area contributed by atoms with Gasteiger partial charge in [-0.05, 0) is 86.3 Å². The lowest BCUT2D eigenvalue weighted by Gasteiger charge is -2.39. The molecule has 2 atom stereocenters. The highest BCUT2D eigenvalue weighted by molar-refractivity contribution is 6.30. The Morgan fingerprint density at radius 2 is 1.78 bits per heavy atom. The van der Waals surface area contributed by atoms with Gasteiger partial charge < -0.3 is 25.1 Å². The number of carbonyl (C=O) groups excluding carboxylic acids is 1. The lowest BCUT2D eigenvalue weighted by molar-refractivity contribution is 0.0118. The third-order valence-corrected chi connectivity index (χ3v) is 9.29. The van der Waals surface area contributed by atoms with E-state index in [4.69, 9.17) is 16.6 Å². The highest BCUT2D eigenvalue weighted by atomic mass is 35.5. The zero-order valence-electron chi connectivity index (χ0n) is 23.1. The molecule has 0 bridgehead atoms. The molecule has 41 heavy (non-hydrogen) atoms. The summed E-state index contributed by atoms with van der Waals surface area (Å²) < 4.78 is 1.78. The molecule has 3 aliphatic rings. The number of benzene rings is 2. The molecule has 2 unspecified atom stereocenters. The third-order valence-electron chi connectivity index (χ3n) is 9.03.